The first-order chi connectivity index (χ1) is 15.5. The van der Waals surface area contributed by atoms with Crippen LogP contribution in [0.2, 0.25) is 0 Å². The molecule has 3 aromatic rings. The van der Waals surface area contributed by atoms with E-state index in [9.17, 15) is 8.42 Å². The van der Waals surface area contributed by atoms with Gasteiger partial charge in [0.2, 0.25) is 10.0 Å². The maximum Gasteiger partial charge on any atom is 0.243 e. The van der Waals surface area contributed by atoms with Gasteiger partial charge in [0.1, 0.15) is 29.6 Å². The van der Waals surface area contributed by atoms with Crippen molar-refractivity contribution in [2.75, 3.05) is 26.8 Å². The van der Waals surface area contributed by atoms with Crippen LogP contribution >= 0.6 is 12.4 Å². The molecule has 0 spiro atoms. The van der Waals surface area contributed by atoms with Gasteiger partial charge in [0.25, 0.3) is 0 Å². The molecule has 0 fully saturated rings. The maximum absolute atomic E-state index is 12.3. The molecule has 0 saturated carbocycles. The second kappa shape index (κ2) is 11.0. The van der Waals surface area contributed by atoms with Crippen LogP contribution < -0.4 is 19.5 Å². The maximum atomic E-state index is 12.3. The number of aryl methyl sites for hydroxylation is 1. The van der Waals surface area contributed by atoms with Crippen LogP contribution in [0.4, 0.5) is 0 Å². The van der Waals surface area contributed by atoms with Crippen LogP contribution in [0.25, 0.3) is 0 Å². The Hall–Kier alpha value is -2.59. The number of halogens is 1. The number of fused-ring (bicyclic) bond motifs is 1. The third-order valence-electron chi connectivity index (χ3n) is 5.61. The monoisotopic (exact) mass is 492 g/mol. The fourth-order valence-corrected chi connectivity index (χ4v) is 4.92. The van der Waals surface area contributed by atoms with Crippen LogP contribution in [0.1, 0.15) is 17.0 Å². The summed E-state index contributed by atoms with van der Waals surface area (Å²) in [6.07, 6.45) is 3.66. The number of aromatic nitrogens is 2. The molecular weight excluding hydrogens is 464 g/mol. The van der Waals surface area contributed by atoms with E-state index in [1.54, 1.807) is 7.05 Å². The zero-order chi connectivity index (χ0) is 22.6. The normalized spacial score (nSPS) is 17.5. The van der Waals surface area contributed by atoms with Gasteiger partial charge < -0.3 is 14.8 Å². The summed E-state index contributed by atoms with van der Waals surface area (Å²) in [6.45, 7) is 0.965. The lowest BCUT2D eigenvalue weighted by molar-refractivity contribution is 0.217. The summed E-state index contributed by atoms with van der Waals surface area (Å²) in [5, 5.41) is 7.27. The minimum absolute atomic E-state index is 0. The molecule has 10 heteroatoms. The molecule has 178 valence electrons. The largest absolute Gasteiger partial charge is 0.492 e. The number of nitrogens with one attached hydrogen (secondary N) is 2. The highest BCUT2D eigenvalue weighted by atomic mass is 35.5. The summed E-state index contributed by atoms with van der Waals surface area (Å²) in [7, 11) is 0.0185. The Morgan fingerprint density at radius 1 is 1.21 bits per heavy atom. The van der Waals surface area contributed by atoms with E-state index < -0.39 is 10.0 Å². The highest BCUT2D eigenvalue weighted by Gasteiger charge is 2.30. The summed E-state index contributed by atoms with van der Waals surface area (Å²) in [6, 6.07) is 16.4. The van der Waals surface area contributed by atoms with Gasteiger partial charge >= 0.3 is 0 Å². The number of hydrogen-bond acceptors (Lipinski definition) is 6. The number of ether oxygens (including phenoxy) is 2. The molecule has 2 atom stereocenters. The zero-order valence-corrected chi connectivity index (χ0v) is 20.2. The quantitative estimate of drug-likeness (QED) is 0.446. The topological polar surface area (TPSA) is 94.5 Å². The third kappa shape index (κ3) is 6.05. The Balaban J connectivity index is 0.00000306. The van der Waals surface area contributed by atoms with Crippen LogP contribution in [-0.4, -0.2) is 51.0 Å². The predicted octanol–water partition coefficient (Wildman–Crippen LogP) is 2.51. The number of nitrogens with zero attached hydrogens (tertiary/aromatic N) is 2. The molecule has 1 aliphatic heterocycles. The van der Waals surface area contributed by atoms with Gasteiger partial charge in [-0.2, -0.15) is 5.10 Å². The van der Waals surface area contributed by atoms with E-state index in [4.69, 9.17) is 9.47 Å². The Morgan fingerprint density at radius 2 is 2.00 bits per heavy atom. The molecule has 4 rings (SSSR count). The molecule has 8 nitrogen and oxygen atoms in total. The molecule has 33 heavy (non-hydrogen) atoms. The fraction of sp³-hybridized carbons (Fsp3) is 0.348. The molecule has 2 N–H and O–H groups in total. The van der Waals surface area contributed by atoms with Crippen LogP contribution in [-0.2, 0) is 23.5 Å². The summed E-state index contributed by atoms with van der Waals surface area (Å²) >= 11 is 0. The lowest BCUT2D eigenvalue weighted by Crippen LogP contribution is -2.41. The Bertz CT molecular complexity index is 1150. The van der Waals surface area contributed by atoms with E-state index in [1.807, 2.05) is 31.3 Å². The van der Waals surface area contributed by atoms with Gasteiger partial charge in [-0.15, -0.1) is 12.4 Å². The number of likely N-dealkylation sites (N-methyl/N-ethyl adjacent to an activating group) is 1. The fourth-order valence-electron chi connectivity index (χ4n) is 3.92. The predicted molar refractivity (Wildman–Crippen MR) is 129 cm³/mol. The molecule has 0 saturated heterocycles. The van der Waals surface area contributed by atoms with E-state index in [-0.39, 0.29) is 42.4 Å². The van der Waals surface area contributed by atoms with Crippen molar-refractivity contribution in [2.45, 2.75) is 23.3 Å². The SMILES string of the molecule is CN[C@@H]1COc2ccc(OCCNS(=O)(=O)c3cnn(C)c3)cc2[C@H]1Cc1ccccc1.Cl. The minimum atomic E-state index is -3.60. The molecule has 0 unspecified atom stereocenters. The molecule has 0 radical (unpaired) electrons. The molecule has 2 aromatic carbocycles. The van der Waals surface area contributed by atoms with Crippen LogP contribution in [0.3, 0.4) is 0 Å². The standard InChI is InChI=1S/C23H28N4O4S.ClH/c1-24-22-16-31-23-9-8-18(13-21(23)20(22)12-17-6-4-3-5-7-17)30-11-10-26-32(28,29)19-14-25-27(2)15-19;/h3-9,13-15,20,22,24,26H,10-12,16H2,1-2H3;1H/t20-,22-;/m1./s1. The number of rotatable bonds is 9. The summed E-state index contributed by atoms with van der Waals surface area (Å²) in [5.74, 6) is 1.78. The van der Waals surface area contributed by atoms with Crippen LogP contribution in [0.15, 0.2) is 65.8 Å². The van der Waals surface area contributed by atoms with E-state index in [1.165, 1.54) is 22.6 Å². The van der Waals surface area contributed by atoms with E-state index in [2.05, 4.69) is 39.4 Å². The summed E-state index contributed by atoms with van der Waals surface area (Å²) < 4.78 is 40.4. The molecular formula is C23H29ClN4O4S. The smallest absolute Gasteiger partial charge is 0.243 e. The molecule has 0 amide bonds. The van der Waals surface area contributed by atoms with Crippen molar-refractivity contribution in [3.05, 3.63) is 72.1 Å². The van der Waals surface area contributed by atoms with Gasteiger partial charge in [-0.3, -0.25) is 4.68 Å². The zero-order valence-electron chi connectivity index (χ0n) is 18.6. The van der Waals surface area contributed by atoms with E-state index in [0.29, 0.717) is 12.4 Å². The van der Waals surface area contributed by atoms with Gasteiger partial charge in [0.15, 0.2) is 0 Å². The second-order valence-electron chi connectivity index (χ2n) is 7.80. The second-order valence-corrected chi connectivity index (χ2v) is 9.56. The molecule has 1 aromatic heterocycles. The Kier molecular flexibility index (Phi) is 8.36. The van der Waals surface area contributed by atoms with Crippen molar-refractivity contribution in [3.8, 4) is 11.5 Å². The van der Waals surface area contributed by atoms with Crippen molar-refractivity contribution in [3.63, 3.8) is 0 Å². The lowest BCUT2D eigenvalue weighted by atomic mass is 9.84. The van der Waals surface area contributed by atoms with Crippen molar-refractivity contribution in [2.24, 2.45) is 7.05 Å². The molecule has 2 heterocycles. The highest BCUT2D eigenvalue weighted by molar-refractivity contribution is 7.89. The Morgan fingerprint density at radius 3 is 2.70 bits per heavy atom. The highest BCUT2D eigenvalue weighted by Crippen LogP contribution is 2.38. The van der Waals surface area contributed by atoms with Crippen molar-refractivity contribution >= 4 is 22.4 Å². The summed E-state index contributed by atoms with van der Waals surface area (Å²) in [4.78, 5) is 0.132. The van der Waals surface area contributed by atoms with Gasteiger partial charge in [-0.25, -0.2) is 13.1 Å². The number of hydrogen-bond donors (Lipinski definition) is 2. The van der Waals surface area contributed by atoms with Crippen molar-refractivity contribution < 1.29 is 17.9 Å². The molecule has 1 aliphatic rings. The number of benzene rings is 2. The van der Waals surface area contributed by atoms with Crippen molar-refractivity contribution in [1.29, 1.82) is 0 Å². The first kappa shape index (κ1) is 25.0. The van der Waals surface area contributed by atoms with E-state index >= 15 is 0 Å². The number of sulfonamides is 1. The average molecular weight is 493 g/mol. The van der Waals surface area contributed by atoms with Crippen LogP contribution in [0, 0.1) is 0 Å². The van der Waals surface area contributed by atoms with Gasteiger partial charge in [0.05, 0.1) is 6.20 Å². The summed E-state index contributed by atoms with van der Waals surface area (Å²) in [5.41, 5.74) is 2.36. The van der Waals surface area contributed by atoms with Gasteiger partial charge in [-0.1, -0.05) is 30.3 Å². The molecule has 0 aliphatic carbocycles. The molecule has 0 bridgehead atoms. The third-order valence-corrected chi connectivity index (χ3v) is 7.02. The van der Waals surface area contributed by atoms with Crippen LogP contribution in [0.5, 0.6) is 11.5 Å². The Labute approximate surface area is 200 Å². The van der Waals surface area contributed by atoms with Gasteiger partial charge in [-0.05, 0) is 37.2 Å². The van der Waals surface area contributed by atoms with Gasteiger partial charge in [0, 0.05) is 37.3 Å². The lowest BCUT2D eigenvalue weighted by Gasteiger charge is -2.34. The first-order valence-corrected chi connectivity index (χ1v) is 12.0. The first-order valence-electron chi connectivity index (χ1n) is 10.6. The average Bonchev–Trinajstić information content (AvgIpc) is 3.25. The van der Waals surface area contributed by atoms with Crippen molar-refractivity contribution in [1.82, 2.24) is 19.8 Å². The van der Waals surface area contributed by atoms with E-state index in [0.717, 1.165) is 17.7 Å². The minimum Gasteiger partial charge on any atom is -0.492 e.